The molecule has 2 aromatic carbocycles. The number of hydrogen-bond donors (Lipinski definition) is 1. The van der Waals surface area contributed by atoms with E-state index in [0.717, 1.165) is 5.56 Å². The molecule has 7 heteroatoms. The van der Waals surface area contributed by atoms with Gasteiger partial charge < -0.3 is 15.0 Å². The van der Waals surface area contributed by atoms with Crippen molar-refractivity contribution in [1.29, 1.82) is 0 Å². The van der Waals surface area contributed by atoms with Gasteiger partial charge in [-0.05, 0) is 56.7 Å². The number of nitrogens with zero attached hydrogens (tertiary/aromatic N) is 1. The van der Waals surface area contributed by atoms with Crippen molar-refractivity contribution >= 4 is 40.7 Å². The normalized spacial score (nSPS) is 11.6. The Morgan fingerprint density at radius 2 is 1.85 bits per heavy atom. The first kappa shape index (κ1) is 21.1. The number of likely N-dealkylation sites (N-methyl/N-ethyl adjacent to an activating group) is 1. The molecule has 0 heterocycles. The molecular formula is C20H22Cl2N2O3. The third-order valence-corrected chi connectivity index (χ3v) is 4.43. The Hall–Kier alpha value is -2.24. The molecule has 0 aromatic heterocycles. The van der Waals surface area contributed by atoms with Gasteiger partial charge in [-0.1, -0.05) is 35.3 Å². The predicted molar refractivity (Wildman–Crippen MR) is 109 cm³/mol. The highest BCUT2D eigenvalue weighted by molar-refractivity contribution is 6.31. The van der Waals surface area contributed by atoms with Crippen LogP contribution < -0.4 is 10.1 Å². The Bertz CT molecular complexity index is 827. The zero-order valence-electron chi connectivity index (χ0n) is 15.5. The smallest absolute Gasteiger partial charge is 0.263 e. The van der Waals surface area contributed by atoms with Gasteiger partial charge in [0.15, 0.2) is 6.10 Å². The molecule has 1 unspecified atom stereocenters. The number of anilines is 1. The molecule has 0 aliphatic rings. The van der Waals surface area contributed by atoms with Gasteiger partial charge in [0.1, 0.15) is 5.75 Å². The molecule has 2 amide bonds. The molecule has 0 saturated carbocycles. The molecule has 144 valence electrons. The first-order valence-electron chi connectivity index (χ1n) is 8.57. The number of carbonyl (C=O) groups is 2. The number of ether oxygens (including phenoxy) is 1. The highest BCUT2D eigenvalue weighted by Crippen LogP contribution is 2.21. The summed E-state index contributed by atoms with van der Waals surface area (Å²) < 4.78 is 5.65. The molecule has 27 heavy (non-hydrogen) atoms. The maximum Gasteiger partial charge on any atom is 0.263 e. The Labute approximate surface area is 169 Å². The fourth-order valence-electron chi connectivity index (χ4n) is 2.49. The van der Waals surface area contributed by atoms with Gasteiger partial charge in [0.05, 0.1) is 6.54 Å². The molecule has 2 rings (SSSR count). The first-order valence-corrected chi connectivity index (χ1v) is 9.32. The second-order valence-corrected chi connectivity index (χ2v) is 6.95. The van der Waals surface area contributed by atoms with Gasteiger partial charge >= 0.3 is 0 Å². The second kappa shape index (κ2) is 9.62. The van der Waals surface area contributed by atoms with Crippen LogP contribution in [0.15, 0.2) is 42.5 Å². The van der Waals surface area contributed by atoms with E-state index >= 15 is 0 Å². The Morgan fingerprint density at radius 3 is 2.52 bits per heavy atom. The van der Waals surface area contributed by atoms with Crippen LogP contribution in [0.1, 0.15) is 19.4 Å². The predicted octanol–water partition coefficient (Wildman–Crippen LogP) is 4.56. The van der Waals surface area contributed by atoms with E-state index in [4.69, 9.17) is 27.9 Å². The Morgan fingerprint density at radius 1 is 1.15 bits per heavy atom. The maximum absolute atomic E-state index is 12.6. The van der Waals surface area contributed by atoms with Gasteiger partial charge in [0, 0.05) is 22.3 Å². The first-order chi connectivity index (χ1) is 12.8. The molecule has 1 N–H and O–H groups in total. The summed E-state index contributed by atoms with van der Waals surface area (Å²) in [5.41, 5.74) is 1.51. The summed E-state index contributed by atoms with van der Waals surface area (Å²) in [6.45, 7) is 5.62. The molecule has 0 spiro atoms. The fraction of sp³-hybridized carbons (Fsp3) is 0.300. The summed E-state index contributed by atoms with van der Waals surface area (Å²) in [4.78, 5) is 26.4. The van der Waals surface area contributed by atoms with Crippen molar-refractivity contribution in [3.63, 3.8) is 0 Å². The standard InChI is InChI=1S/C20H22Cl2N2O3/c1-4-24(12-19(25)23-18-11-16(22)9-8-13(18)2)20(26)14(3)27-17-7-5-6-15(21)10-17/h5-11,14H,4,12H2,1-3H3,(H,23,25). The van der Waals surface area contributed by atoms with Gasteiger partial charge in [0.25, 0.3) is 5.91 Å². The quantitative estimate of drug-likeness (QED) is 0.730. The second-order valence-electron chi connectivity index (χ2n) is 6.08. The summed E-state index contributed by atoms with van der Waals surface area (Å²) >= 11 is 11.9. The van der Waals surface area contributed by atoms with E-state index < -0.39 is 6.10 Å². The molecule has 5 nitrogen and oxygen atoms in total. The lowest BCUT2D eigenvalue weighted by molar-refractivity contribution is -0.140. The summed E-state index contributed by atoms with van der Waals surface area (Å²) in [5, 5.41) is 3.85. The molecule has 0 fully saturated rings. The number of carbonyl (C=O) groups excluding carboxylic acids is 2. The largest absolute Gasteiger partial charge is 0.481 e. The minimum absolute atomic E-state index is 0.0788. The van der Waals surface area contributed by atoms with Gasteiger partial charge in [-0.15, -0.1) is 0 Å². The topological polar surface area (TPSA) is 58.6 Å². The van der Waals surface area contributed by atoms with E-state index in [9.17, 15) is 9.59 Å². The zero-order valence-corrected chi connectivity index (χ0v) is 17.0. The third-order valence-electron chi connectivity index (χ3n) is 3.96. The minimum Gasteiger partial charge on any atom is -0.481 e. The SMILES string of the molecule is CCN(CC(=O)Nc1cc(Cl)ccc1C)C(=O)C(C)Oc1cccc(Cl)c1. The van der Waals surface area contributed by atoms with Crippen LogP contribution in [0.25, 0.3) is 0 Å². The van der Waals surface area contributed by atoms with Gasteiger partial charge in [0.2, 0.25) is 5.91 Å². The van der Waals surface area contributed by atoms with Crippen LogP contribution in [0.4, 0.5) is 5.69 Å². The van der Waals surface area contributed by atoms with Crippen LogP contribution in [0, 0.1) is 6.92 Å². The van der Waals surface area contributed by atoms with Crippen LogP contribution in [-0.2, 0) is 9.59 Å². The lowest BCUT2D eigenvalue weighted by Crippen LogP contribution is -2.44. The van der Waals surface area contributed by atoms with Crippen molar-refractivity contribution in [2.45, 2.75) is 26.9 Å². The van der Waals surface area contributed by atoms with Crippen molar-refractivity contribution in [3.8, 4) is 5.75 Å². The van der Waals surface area contributed by atoms with E-state index in [-0.39, 0.29) is 18.4 Å². The van der Waals surface area contributed by atoms with Crippen LogP contribution in [0.2, 0.25) is 10.0 Å². The highest BCUT2D eigenvalue weighted by Gasteiger charge is 2.23. The van der Waals surface area contributed by atoms with Gasteiger partial charge in [-0.3, -0.25) is 9.59 Å². The van der Waals surface area contributed by atoms with Crippen molar-refractivity contribution in [3.05, 3.63) is 58.1 Å². The van der Waals surface area contributed by atoms with Crippen molar-refractivity contribution < 1.29 is 14.3 Å². The molecule has 0 saturated heterocycles. The Balaban J connectivity index is 1.99. The monoisotopic (exact) mass is 408 g/mol. The summed E-state index contributed by atoms with van der Waals surface area (Å²) in [6.07, 6.45) is -0.746. The molecule has 0 radical (unpaired) electrons. The van der Waals surface area contributed by atoms with Crippen molar-refractivity contribution in [1.82, 2.24) is 4.90 Å². The number of hydrogen-bond acceptors (Lipinski definition) is 3. The number of amides is 2. The van der Waals surface area contributed by atoms with Crippen molar-refractivity contribution in [2.75, 3.05) is 18.4 Å². The molecule has 2 aromatic rings. The van der Waals surface area contributed by atoms with Crippen LogP contribution in [0.5, 0.6) is 5.75 Å². The summed E-state index contributed by atoms with van der Waals surface area (Å²) in [7, 11) is 0. The number of nitrogens with one attached hydrogen (secondary N) is 1. The minimum atomic E-state index is -0.746. The molecule has 1 atom stereocenters. The van der Waals surface area contributed by atoms with E-state index in [1.54, 1.807) is 43.3 Å². The van der Waals surface area contributed by atoms with E-state index in [1.165, 1.54) is 4.90 Å². The van der Waals surface area contributed by atoms with E-state index in [2.05, 4.69) is 5.32 Å². The number of halogens is 2. The van der Waals surface area contributed by atoms with Crippen molar-refractivity contribution in [2.24, 2.45) is 0 Å². The molecule has 0 bridgehead atoms. The number of rotatable bonds is 7. The van der Waals surface area contributed by atoms with Gasteiger partial charge in [-0.2, -0.15) is 0 Å². The van der Waals surface area contributed by atoms with E-state index in [1.807, 2.05) is 19.9 Å². The third kappa shape index (κ3) is 6.15. The number of benzene rings is 2. The zero-order chi connectivity index (χ0) is 20.0. The lowest BCUT2D eigenvalue weighted by atomic mass is 10.2. The average molecular weight is 409 g/mol. The Kier molecular flexibility index (Phi) is 7.51. The van der Waals surface area contributed by atoms with Gasteiger partial charge in [-0.25, -0.2) is 0 Å². The maximum atomic E-state index is 12.6. The summed E-state index contributed by atoms with van der Waals surface area (Å²) in [5.74, 6) is -0.0839. The molecule has 0 aliphatic heterocycles. The lowest BCUT2D eigenvalue weighted by Gasteiger charge is -2.24. The molecular weight excluding hydrogens is 387 g/mol. The fourth-order valence-corrected chi connectivity index (χ4v) is 2.84. The van der Waals surface area contributed by atoms with Crippen LogP contribution >= 0.6 is 23.2 Å². The van der Waals surface area contributed by atoms with E-state index in [0.29, 0.717) is 28.0 Å². The average Bonchev–Trinajstić information content (AvgIpc) is 2.62. The molecule has 0 aliphatic carbocycles. The van der Waals surface area contributed by atoms with Crippen LogP contribution in [0.3, 0.4) is 0 Å². The van der Waals surface area contributed by atoms with Crippen LogP contribution in [-0.4, -0.2) is 35.9 Å². The summed E-state index contributed by atoms with van der Waals surface area (Å²) in [6, 6.07) is 12.1. The highest BCUT2D eigenvalue weighted by atomic mass is 35.5. The number of aryl methyl sites for hydroxylation is 1.